The molecule has 0 spiro atoms. The van der Waals surface area contributed by atoms with E-state index in [0.717, 1.165) is 0 Å². The molecule has 5 nitrogen and oxygen atoms in total. The quantitative estimate of drug-likeness (QED) is 0.558. The molecule has 0 saturated carbocycles. The molecule has 7 heteroatoms. The average molecular weight is 274 g/mol. The Morgan fingerprint density at radius 1 is 1.53 bits per heavy atom. The SMILES string of the molecule is COC(=O)c1cc(NCC(O)C(F)F)cc(C)c1N. The van der Waals surface area contributed by atoms with Gasteiger partial charge < -0.3 is 20.9 Å². The summed E-state index contributed by atoms with van der Waals surface area (Å²) in [5.74, 6) is -0.612. The van der Waals surface area contributed by atoms with E-state index in [0.29, 0.717) is 11.3 Å². The van der Waals surface area contributed by atoms with Gasteiger partial charge in [0.2, 0.25) is 0 Å². The molecule has 1 aromatic rings. The van der Waals surface area contributed by atoms with Gasteiger partial charge in [-0.15, -0.1) is 0 Å². The smallest absolute Gasteiger partial charge is 0.340 e. The van der Waals surface area contributed by atoms with Gasteiger partial charge in [-0.3, -0.25) is 0 Å². The number of benzene rings is 1. The van der Waals surface area contributed by atoms with Crippen molar-refractivity contribution in [2.24, 2.45) is 0 Å². The van der Waals surface area contributed by atoms with Gasteiger partial charge in [0.15, 0.2) is 0 Å². The van der Waals surface area contributed by atoms with Crippen molar-refractivity contribution >= 4 is 17.3 Å². The fourth-order valence-electron chi connectivity index (χ4n) is 1.49. The lowest BCUT2D eigenvalue weighted by atomic mass is 10.1. The van der Waals surface area contributed by atoms with Crippen LogP contribution in [0.1, 0.15) is 15.9 Å². The summed E-state index contributed by atoms with van der Waals surface area (Å²) in [6.07, 6.45) is -4.61. The minimum atomic E-state index is -2.83. The number of ether oxygens (including phenoxy) is 1. The Bertz CT molecular complexity index is 467. The van der Waals surface area contributed by atoms with E-state index >= 15 is 0 Å². The Morgan fingerprint density at radius 2 is 2.16 bits per heavy atom. The van der Waals surface area contributed by atoms with E-state index in [1.54, 1.807) is 13.0 Å². The minimum absolute atomic E-state index is 0.150. The molecule has 1 rings (SSSR count). The van der Waals surface area contributed by atoms with Crippen molar-refractivity contribution in [1.82, 2.24) is 0 Å². The van der Waals surface area contributed by atoms with Gasteiger partial charge in [-0.25, -0.2) is 13.6 Å². The summed E-state index contributed by atoms with van der Waals surface area (Å²) in [4.78, 5) is 11.5. The Morgan fingerprint density at radius 3 is 2.68 bits per heavy atom. The first-order valence-corrected chi connectivity index (χ1v) is 5.55. The number of nitrogens with one attached hydrogen (secondary N) is 1. The molecule has 0 radical (unpaired) electrons. The second-order valence-electron chi connectivity index (χ2n) is 4.03. The van der Waals surface area contributed by atoms with E-state index in [9.17, 15) is 13.6 Å². The number of esters is 1. The number of methoxy groups -OCH3 is 1. The molecule has 0 heterocycles. The van der Waals surface area contributed by atoms with E-state index in [1.807, 2.05) is 0 Å². The summed E-state index contributed by atoms with van der Waals surface area (Å²) in [5, 5.41) is 11.6. The molecule has 0 saturated heterocycles. The van der Waals surface area contributed by atoms with E-state index in [-0.39, 0.29) is 17.8 Å². The number of rotatable bonds is 5. The zero-order valence-electron chi connectivity index (χ0n) is 10.6. The molecule has 1 atom stereocenters. The fraction of sp³-hybridized carbons (Fsp3) is 0.417. The number of nitrogen functional groups attached to an aromatic ring is 1. The Hall–Kier alpha value is -1.89. The molecular formula is C12H16F2N2O3. The number of hydrogen-bond acceptors (Lipinski definition) is 5. The number of alkyl halides is 2. The van der Waals surface area contributed by atoms with Crippen LogP contribution in [-0.4, -0.2) is 37.3 Å². The molecule has 0 amide bonds. The van der Waals surface area contributed by atoms with Crippen molar-refractivity contribution in [3.63, 3.8) is 0 Å². The van der Waals surface area contributed by atoms with Gasteiger partial charge in [0.1, 0.15) is 6.10 Å². The van der Waals surface area contributed by atoms with Crippen LogP contribution in [0.5, 0.6) is 0 Å². The maximum atomic E-state index is 12.2. The fourth-order valence-corrected chi connectivity index (χ4v) is 1.49. The molecule has 0 aliphatic carbocycles. The third-order valence-corrected chi connectivity index (χ3v) is 2.60. The number of carbonyl (C=O) groups excluding carboxylic acids is 1. The average Bonchev–Trinajstić information content (AvgIpc) is 2.38. The maximum Gasteiger partial charge on any atom is 0.340 e. The maximum absolute atomic E-state index is 12.2. The predicted octanol–water partition coefficient (Wildman–Crippen LogP) is 1.40. The molecule has 0 aliphatic rings. The highest BCUT2D eigenvalue weighted by molar-refractivity contribution is 5.97. The second-order valence-corrected chi connectivity index (χ2v) is 4.03. The van der Waals surface area contributed by atoms with Gasteiger partial charge in [0.25, 0.3) is 6.43 Å². The Labute approximate surface area is 109 Å². The van der Waals surface area contributed by atoms with Gasteiger partial charge in [0.05, 0.1) is 12.7 Å². The van der Waals surface area contributed by atoms with Crippen LogP contribution in [0.25, 0.3) is 0 Å². The Balaban J connectivity index is 2.91. The van der Waals surface area contributed by atoms with Crippen LogP contribution in [0.3, 0.4) is 0 Å². The number of hydrogen-bond donors (Lipinski definition) is 3. The molecule has 1 unspecified atom stereocenters. The zero-order valence-corrected chi connectivity index (χ0v) is 10.6. The van der Waals surface area contributed by atoms with Gasteiger partial charge in [-0.1, -0.05) is 0 Å². The number of halogens is 2. The van der Waals surface area contributed by atoms with Crippen LogP contribution in [0.2, 0.25) is 0 Å². The summed E-state index contributed by atoms with van der Waals surface area (Å²) in [6.45, 7) is 1.35. The van der Waals surface area contributed by atoms with Gasteiger partial charge in [-0.05, 0) is 24.6 Å². The molecule has 1 aromatic carbocycles. The van der Waals surface area contributed by atoms with Crippen LogP contribution in [-0.2, 0) is 4.74 Å². The Kier molecular flexibility index (Phi) is 5.05. The highest BCUT2D eigenvalue weighted by Gasteiger charge is 2.17. The molecule has 19 heavy (non-hydrogen) atoms. The molecular weight excluding hydrogens is 258 g/mol. The van der Waals surface area contributed by atoms with Crippen molar-refractivity contribution in [2.45, 2.75) is 19.5 Å². The monoisotopic (exact) mass is 274 g/mol. The third-order valence-electron chi connectivity index (χ3n) is 2.60. The van der Waals surface area contributed by atoms with Gasteiger partial charge in [-0.2, -0.15) is 0 Å². The first-order chi connectivity index (χ1) is 8.86. The summed E-state index contributed by atoms with van der Waals surface area (Å²) in [6, 6.07) is 2.99. The van der Waals surface area contributed by atoms with Crippen LogP contribution in [0.15, 0.2) is 12.1 Å². The number of aryl methyl sites for hydroxylation is 1. The highest BCUT2D eigenvalue weighted by Crippen LogP contribution is 2.23. The first-order valence-electron chi connectivity index (χ1n) is 5.55. The number of aliphatic hydroxyl groups excluding tert-OH is 1. The number of nitrogens with two attached hydrogens (primary N) is 1. The standard InChI is InChI=1S/C12H16F2N2O3/c1-6-3-7(16-5-9(17)11(13)14)4-8(10(6)15)12(18)19-2/h3-4,9,11,16-17H,5,15H2,1-2H3. The van der Waals surface area contributed by atoms with Crippen molar-refractivity contribution in [3.8, 4) is 0 Å². The van der Waals surface area contributed by atoms with E-state index in [2.05, 4.69) is 10.1 Å². The lowest BCUT2D eigenvalue weighted by Gasteiger charge is -2.14. The lowest BCUT2D eigenvalue weighted by Crippen LogP contribution is -2.26. The molecule has 0 aromatic heterocycles. The predicted molar refractivity (Wildman–Crippen MR) is 67.4 cm³/mol. The first kappa shape index (κ1) is 15.2. The zero-order chi connectivity index (χ0) is 14.6. The summed E-state index contributed by atoms with van der Waals surface area (Å²) in [5.41, 5.74) is 7.17. The van der Waals surface area contributed by atoms with Gasteiger partial charge in [0, 0.05) is 17.9 Å². The summed E-state index contributed by atoms with van der Waals surface area (Å²) >= 11 is 0. The summed E-state index contributed by atoms with van der Waals surface area (Å²) < 4.78 is 28.9. The van der Waals surface area contributed by atoms with Crippen molar-refractivity contribution in [2.75, 3.05) is 24.7 Å². The number of anilines is 2. The van der Waals surface area contributed by atoms with Crippen LogP contribution >= 0.6 is 0 Å². The van der Waals surface area contributed by atoms with Crippen molar-refractivity contribution < 1.29 is 23.4 Å². The molecule has 0 bridgehead atoms. The van der Waals surface area contributed by atoms with E-state index in [1.165, 1.54) is 13.2 Å². The molecule has 106 valence electrons. The molecule has 0 fully saturated rings. The van der Waals surface area contributed by atoms with Crippen LogP contribution in [0.4, 0.5) is 20.2 Å². The van der Waals surface area contributed by atoms with Gasteiger partial charge >= 0.3 is 5.97 Å². The van der Waals surface area contributed by atoms with Crippen LogP contribution in [0, 0.1) is 6.92 Å². The lowest BCUT2D eigenvalue weighted by molar-refractivity contribution is 0.00384. The highest BCUT2D eigenvalue weighted by atomic mass is 19.3. The van der Waals surface area contributed by atoms with Crippen LogP contribution < -0.4 is 11.1 Å². The molecule has 0 aliphatic heterocycles. The normalized spacial score (nSPS) is 12.3. The third kappa shape index (κ3) is 3.78. The summed E-state index contributed by atoms with van der Waals surface area (Å²) in [7, 11) is 1.22. The topological polar surface area (TPSA) is 84.6 Å². The van der Waals surface area contributed by atoms with Crippen molar-refractivity contribution in [3.05, 3.63) is 23.3 Å². The largest absolute Gasteiger partial charge is 0.465 e. The van der Waals surface area contributed by atoms with E-state index in [4.69, 9.17) is 10.8 Å². The van der Waals surface area contributed by atoms with Crippen molar-refractivity contribution in [1.29, 1.82) is 0 Å². The minimum Gasteiger partial charge on any atom is -0.465 e. The van der Waals surface area contributed by atoms with E-state index < -0.39 is 18.5 Å². The number of aliphatic hydroxyl groups is 1. The second kappa shape index (κ2) is 6.33. The molecule has 4 N–H and O–H groups in total. The number of carbonyl (C=O) groups is 1.